The molecule has 2 heterocycles. The number of para-hydroxylation sites is 1. The number of anilines is 1. The Morgan fingerprint density at radius 3 is 2.90 bits per heavy atom. The molecule has 0 saturated heterocycles. The monoisotopic (exact) mass is 300 g/mol. The second-order valence-corrected chi connectivity index (χ2v) is 5.91. The summed E-state index contributed by atoms with van der Waals surface area (Å²) in [6.07, 6.45) is 0. The standard InChI is InChI=1S/C15H16N4OS/c1-4-19-11(8-10(3)18-19)14(20)17-15-16-13-9(2)6-5-7-12(13)21-15/h5-8H,4H2,1-3H3,(H,16,17,20). The van der Waals surface area contributed by atoms with Crippen LogP contribution < -0.4 is 5.32 Å². The number of hydrogen-bond acceptors (Lipinski definition) is 4. The fraction of sp³-hybridized carbons (Fsp3) is 0.267. The van der Waals surface area contributed by atoms with Crippen molar-refractivity contribution in [3.63, 3.8) is 0 Å². The van der Waals surface area contributed by atoms with Gasteiger partial charge in [-0.2, -0.15) is 5.10 Å². The lowest BCUT2D eigenvalue weighted by Crippen LogP contribution is -2.17. The number of aryl methyl sites for hydroxylation is 3. The van der Waals surface area contributed by atoms with Gasteiger partial charge in [0.1, 0.15) is 5.69 Å². The third kappa shape index (κ3) is 2.54. The van der Waals surface area contributed by atoms with Crippen LogP contribution in [-0.4, -0.2) is 20.7 Å². The highest BCUT2D eigenvalue weighted by molar-refractivity contribution is 7.22. The van der Waals surface area contributed by atoms with E-state index in [0.29, 0.717) is 17.4 Å². The lowest BCUT2D eigenvalue weighted by atomic mass is 10.2. The molecule has 0 aliphatic carbocycles. The number of carbonyl (C=O) groups excluding carboxylic acids is 1. The van der Waals surface area contributed by atoms with E-state index < -0.39 is 0 Å². The molecular weight excluding hydrogens is 284 g/mol. The normalized spacial score (nSPS) is 11.0. The number of aromatic nitrogens is 3. The number of thiazole rings is 1. The van der Waals surface area contributed by atoms with Gasteiger partial charge < -0.3 is 0 Å². The van der Waals surface area contributed by atoms with Gasteiger partial charge in [-0.25, -0.2) is 4.98 Å². The van der Waals surface area contributed by atoms with E-state index in [1.54, 1.807) is 10.7 Å². The zero-order chi connectivity index (χ0) is 15.0. The Morgan fingerprint density at radius 1 is 1.38 bits per heavy atom. The van der Waals surface area contributed by atoms with Crippen LogP contribution in [0, 0.1) is 13.8 Å². The molecule has 0 spiro atoms. The molecule has 0 fully saturated rings. The minimum Gasteiger partial charge on any atom is -0.296 e. The van der Waals surface area contributed by atoms with Crippen molar-refractivity contribution in [3.8, 4) is 0 Å². The minimum atomic E-state index is -0.172. The van der Waals surface area contributed by atoms with E-state index in [4.69, 9.17) is 0 Å². The first-order chi connectivity index (χ1) is 10.1. The van der Waals surface area contributed by atoms with E-state index in [0.717, 1.165) is 21.5 Å². The van der Waals surface area contributed by atoms with Crippen molar-refractivity contribution < 1.29 is 4.79 Å². The Kier molecular flexibility index (Phi) is 3.47. The first-order valence-corrected chi connectivity index (χ1v) is 7.62. The third-order valence-corrected chi connectivity index (χ3v) is 4.21. The van der Waals surface area contributed by atoms with Crippen LogP contribution in [0.2, 0.25) is 0 Å². The van der Waals surface area contributed by atoms with Crippen molar-refractivity contribution in [2.24, 2.45) is 0 Å². The highest BCUT2D eigenvalue weighted by atomic mass is 32.1. The smallest absolute Gasteiger partial charge is 0.275 e. The molecule has 0 saturated carbocycles. The number of fused-ring (bicyclic) bond motifs is 1. The van der Waals surface area contributed by atoms with E-state index in [-0.39, 0.29) is 5.91 Å². The van der Waals surface area contributed by atoms with Gasteiger partial charge in [0, 0.05) is 6.54 Å². The van der Waals surface area contributed by atoms with Crippen molar-refractivity contribution in [2.75, 3.05) is 5.32 Å². The molecule has 2 aromatic heterocycles. The molecular formula is C15H16N4OS. The van der Waals surface area contributed by atoms with Gasteiger partial charge >= 0.3 is 0 Å². The van der Waals surface area contributed by atoms with E-state index in [1.807, 2.05) is 39.0 Å². The van der Waals surface area contributed by atoms with Crippen LogP contribution in [-0.2, 0) is 6.54 Å². The third-order valence-electron chi connectivity index (χ3n) is 3.28. The molecule has 0 atom stereocenters. The molecule has 0 aliphatic rings. The Labute approximate surface area is 126 Å². The summed E-state index contributed by atoms with van der Waals surface area (Å²) in [5, 5.41) is 7.77. The molecule has 0 bridgehead atoms. The predicted molar refractivity (Wildman–Crippen MR) is 84.9 cm³/mol. The molecule has 21 heavy (non-hydrogen) atoms. The van der Waals surface area contributed by atoms with E-state index in [1.165, 1.54) is 11.3 Å². The van der Waals surface area contributed by atoms with E-state index in [2.05, 4.69) is 15.4 Å². The number of nitrogens with one attached hydrogen (secondary N) is 1. The fourth-order valence-corrected chi connectivity index (χ4v) is 3.21. The average molecular weight is 300 g/mol. The summed E-state index contributed by atoms with van der Waals surface area (Å²) >= 11 is 1.48. The summed E-state index contributed by atoms with van der Waals surface area (Å²) in [5.74, 6) is -0.172. The summed E-state index contributed by atoms with van der Waals surface area (Å²) in [4.78, 5) is 16.9. The second kappa shape index (κ2) is 5.29. The first-order valence-electron chi connectivity index (χ1n) is 6.80. The molecule has 0 unspecified atom stereocenters. The van der Waals surface area contributed by atoms with Gasteiger partial charge in [-0.15, -0.1) is 0 Å². The van der Waals surface area contributed by atoms with Crippen molar-refractivity contribution in [3.05, 3.63) is 41.2 Å². The van der Waals surface area contributed by atoms with Crippen molar-refractivity contribution in [1.29, 1.82) is 0 Å². The summed E-state index contributed by atoms with van der Waals surface area (Å²) < 4.78 is 2.77. The zero-order valence-electron chi connectivity index (χ0n) is 12.2. The number of carbonyl (C=O) groups is 1. The van der Waals surface area contributed by atoms with E-state index >= 15 is 0 Å². The maximum atomic E-state index is 12.4. The van der Waals surface area contributed by atoms with Gasteiger partial charge in [0.05, 0.1) is 15.9 Å². The highest BCUT2D eigenvalue weighted by Crippen LogP contribution is 2.28. The van der Waals surface area contributed by atoms with Crippen LogP contribution in [0.25, 0.3) is 10.2 Å². The molecule has 0 aliphatic heterocycles. The summed E-state index contributed by atoms with van der Waals surface area (Å²) in [6.45, 7) is 6.52. The van der Waals surface area contributed by atoms with Gasteiger partial charge in [0.15, 0.2) is 5.13 Å². The SMILES string of the molecule is CCn1nc(C)cc1C(=O)Nc1nc2c(C)cccc2s1. The molecule has 6 heteroatoms. The Bertz CT molecular complexity index is 818. The van der Waals surface area contributed by atoms with Crippen LogP contribution in [0.1, 0.15) is 28.7 Å². The van der Waals surface area contributed by atoms with Crippen LogP contribution >= 0.6 is 11.3 Å². The fourth-order valence-electron chi connectivity index (χ4n) is 2.27. The molecule has 1 amide bonds. The summed E-state index contributed by atoms with van der Waals surface area (Å²) in [7, 11) is 0. The van der Waals surface area contributed by atoms with Crippen molar-refractivity contribution in [1.82, 2.24) is 14.8 Å². The van der Waals surface area contributed by atoms with E-state index in [9.17, 15) is 4.79 Å². The van der Waals surface area contributed by atoms with Crippen LogP contribution in [0.3, 0.4) is 0 Å². The van der Waals surface area contributed by atoms with Crippen LogP contribution in [0.4, 0.5) is 5.13 Å². The topological polar surface area (TPSA) is 59.8 Å². The number of hydrogen-bond donors (Lipinski definition) is 1. The predicted octanol–water partition coefficient (Wildman–Crippen LogP) is 3.38. The molecule has 5 nitrogen and oxygen atoms in total. The number of rotatable bonds is 3. The van der Waals surface area contributed by atoms with Gasteiger partial charge in [-0.3, -0.25) is 14.8 Å². The minimum absolute atomic E-state index is 0.172. The molecule has 3 aromatic rings. The van der Waals surface area contributed by atoms with Gasteiger partial charge in [-0.05, 0) is 38.5 Å². The molecule has 1 N–H and O–H groups in total. The summed E-state index contributed by atoms with van der Waals surface area (Å²) in [5.41, 5.74) is 3.45. The van der Waals surface area contributed by atoms with Crippen molar-refractivity contribution in [2.45, 2.75) is 27.3 Å². The highest BCUT2D eigenvalue weighted by Gasteiger charge is 2.15. The molecule has 3 rings (SSSR count). The van der Waals surface area contributed by atoms with Crippen LogP contribution in [0.15, 0.2) is 24.3 Å². The maximum Gasteiger partial charge on any atom is 0.275 e. The Morgan fingerprint density at radius 2 is 2.19 bits per heavy atom. The second-order valence-electron chi connectivity index (χ2n) is 4.88. The van der Waals surface area contributed by atoms with Crippen LogP contribution in [0.5, 0.6) is 0 Å². The lowest BCUT2D eigenvalue weighted by molar-refractivity contribution is 0.101. The van der Waals surface area contributed by atoms with Gasteiger partial charge in [0.2, 0.25) is 0 Å². The molecule has 0 radical (unpaired) electrons. The number of amides is 1. The molecule has 108 valence electrons. The zero-order valence-corrected chi connectivity index (χ0v) is 13.0. The Balaban J connectivity index is 1.91. The quantitative estimate of drug-likeness (QED) is 0.806. The number of nitrogens with zero attached hydrogens (tertiary/aromatic N) is 3. The summed E-state index contributed by atoms with van der Waals surface area (Å²) in [6, 6.07) is 7.81. The van der Waals surface area contributed by atoms with Gasteiger partial charge in [-0.1, -0.05) is 23.5 Å². The van der Waals surface area contributed by atoms with Crippen molar-refractivity contribution >= 4 is 32.6 Å². The maximum absolute atomic E-state index is 12.4. The average Bonchev–Trinajstić information content (AvgIpc) is 3.02. The number of benzene rings is 1. The largest absolute Gasteiger partial charge is 0.296 e. The Hall–Kier alpha value is -2.21. The lowest BCUT2D eigenvalue weighted by Gasteiger charge is -2.03. The first kappa shape index (κ1) is 13.8. The van der Waals surface area contributed by atoms with Gasteiger partial charge in [0.25, 0.3) is 5.91 Å². The molecule has 1 aromatic carbocycles.